The predicted molar refractivity (Wildman–Crippen MR) is 176 cm³/mol. The zero-order valence-electron chi connectivity index (χ0n) is 25.2. The Morgan fingerprint density at radius 1 is 0.814 bits per heavy atom. The summed E-state index contributed by atoms with van der Waals surface area (Å²) in [7, 11) is 0. The van der Waals surface area contributed by atoms with E-state index >= 15 is 0 Å². The van der Waals surface area contributed by atoms with Gasteiger partial charge in [0, 0.05) is 54.7 Å². The van der Waals surface area contributed by atoms with Crippen molar-refractivity contribution in [3.05, 3.63) is 66.5 Å². The first kappa shape index (κ1) is 35.7. The molecule has 2 aliphatic rings. The summed E-state index contributed by atoms with van der Waals surface area (Å²) >= 11 is 19.2. The van der Waals surface area contributed by atoms with Crippen LogP contribution in [0.5, 0.6) is 0 Å². The van der Waals surface area contributed by atoms with Gasteiger partial charge in [-0.15, -0.1) is 0 Å². The molecule has 3 atom stereocenters. The molecule has 1 N–H and O–H groups in total. The van der Waals surface area contributed by atoms with Gasteiger partial charge < -0.3 is 5.11 Å². The SMILES string of the molecule is CC(C)(C)C(=O)N1C(=O)CC[C@H]1Cc1ccc(Br)cc1Cl.CC(C)(C)C(=O)N1C(=O)[C@H](O)CC1Cc1ccc(Br)cc1Cl. The van der Waals surface area contributed by atoms with Crippen LogP contribution in [0.25, 0.3) is 0 Å². The lowest BCUT2D eigenvalue weighted by atomic mass is 9.93. The highest BCUT2D eigenvalue weighted by Crippen LogP contribution is 2.32. The van der Waals surface area contributed by atoms with E-state index in [4.69, 9.17) is 23.2 Å². The lowest BCUT2D eigenvalue weighted by Gasteiger charge is -2.29. The fraction of sp³-hybridized carbons (Fsp3) is 0.500. The third-order valence-electron chi connectivity index (χ3n) is 7.37. The van der Waals surface area contributed by atoms with Crippen molar-refractivity contribution < 1.29 is 24.3 Å². The number of aliphatic hydroxyl groups is 1. The molecule has 4 rings (SSSR count). The Morgan fingerprint density at radius 3 is 1.70 bits per heavy atom. The molecule has 7 nitrogen and oxygen atoms in total. The van der Waals surface area contributed by atoms with Crippen molar-refractivity contribution in [2.45, 2.75) is 91.8 Å². The van der Waals surface area contributed by atoms with Gasteiger partial charge in [-0.25, -0.2) is 0 Å². The van der Waals surface area contributed by atoms with Crippen LogP contribution >= 0.6 is 55.1 Å². The van der Waals surface area contributed by atoms with E-state index in [-0.39, 0.29) is 36.2 Å². The number of hydrogen-bond donors (Lipinski definition) is 1. The molecule has 2 fully saturated rings. The summed E-state index contributed by atoms with van der Waals surface area (Å²) in [6.45, 7) is 10.8. The average Bonchev–Trinajstić information content (AvgIpc) is 3.38. The number of imide groups is 2. The molecule has 2 aliphatic heterocycles. The lowest BCUT2D eigenvalue weighted by molar-refractivity contribution is -0.152. The minimum atomic E-state index is -1.12. The van der Waals surface area contributed by atoms with Crippen LogP contribution in [0, 0.1) is 10.8 Å². The van der Waals surface area contributed by atoms with Gasteiger partial charge in [0.25, 0.3) is 5.91 Å². The number of carbonyl (C=O) groups is 4. The van der Waals surface area contributed by atoms with Crippen LogP contribution in [-0.4, -0.2) is 56.7 Å². The number of likely N-dealkylation sites (tertiary alicyclic amines) is 2. The molecule has 43 heavy (non-hydrogen) atoms. The van der Waals surface area contributed by atoms with E-state index in [9.17, 15) is 24.3 Å². The van der Waals surface area contributed by atoms with E-state index in [1.807, 2.05) is 51.1 Å². The molecule has 2 aromatic carbocycles. The highest BCUT2D eigenvalue weighted by molar-refractivity contribution is 9.10. The molecule has 0 aliphatic carbocycles. The molecular weight excluding hydrogens is 723 g/mol. The molecule has 2 saturated heterocycles. The molecular formula is C32H38Br2Cl2N2O5. The highest BCUT2D eigenvalue weighted by atomic mass is 79.9. The van der Waals surface area contributed by atoms with E-state index in [2.05, 4.69) is 31.9 Å². The summed E-state index contributed by atoms with van der Waals surface area (Å²) < 4.78 is 1.78. The second-order valence-electron chi connectivity index (χ2n) is 13.1. The molecule has 234 valence electrons. The van der Waals surface area contributed by atoms with Crippen LogP contribution in [0.15, 0.2) is 45.3 Å². The van der Waals surface area contributed by atoms with Crippen molar-refractivity contribution in [2.75, 3.05) is 0 Å². The summed E-state index contributed by atoms with van der Waals surface area (Å²) in [5.41, 5.74) is 0.582. The molecule has 11 heteroatoms. The monoisotopic (exact) mass is 758 g/mol. The minimum Gasteiger partial charge on any atom is -0.383 e. The van der Waals surface area contributed by atoms with Gasteiger partial charge in [-0.3, -0.25) is 29.0 Å². The van der Waals surface area contributed by atoms with Crippen LogP contribution < -0.4 is 0 Å². The normalized spacial score (nSPS) is 20.8. The van der Waals surface area contributed by atoms with Gasteiger partial charge in [0.2, 0.25) is 17.7 Å². The molecule has 1 unspecified atom stereocenters. The predicted octanol–water partition coefficient (Wildman–Crippen LogP) is 7.39. The second-order valence-corrected chi connectivity index (χ2v) is 15.7. The maximum Gasteiger partial charge on any atom is 0.258 e. The number of nitrogens with zero attached hydrogens (tertiary/aromatic N) is 2. The maximum absolute atomic E-state index is 12.5. The highest BCUT2D eigenvalue weighted by Gasteiger charge is 2.45. The quantitative estimate of drug-likeness (QED) is 0.351. The van der Waals surface area contributed by atoms with Gasteiger partial charge in [0.05, 0.1) is 0 Å². The van der Waals surface area contributed by atoms with Crippen molar-refractivity contribution in [1.82, 2.24) is 9.80 Å². The molecule has 4 amide bonds. The van der Waals surface area contributed by atoms with Gasteiger partial charge in [-0.05, 0) is 54.7 Å². The van der Waals surface area contributed by atoms with E-state index < -0.39 is 22.8 Å². The number of amides is 4. The minimum absolute atomic E-state index is 0.0758. The van der Waals surface area contributed by atoms with Crippen LogP contribution in [0.1, 0.15) is 71.9 Å². The molecule has 0 bridgehead atoms. The first-order chi connectivity index (χ1) is 19.8. The number of hydrogen-bond acceptors (Lipinski definition) is 5. The third-order valence-corrected chi connectivity index (χ3v) is 9.06. The Morgan fingerprint density at radius 2 is 1.26 bits per heavy atom. The van der Waals surface area contributed by atoms with Gasteiger partial charge >= 0.3 is 0 Å². The van der Waals surface area contributed by atoms with E-state index in [1.54, 1.807) is 26.8 Å². The zero-order valence-corrected chi connectivity index (χ0v) is 29.9. The van der Waals surface area contributed by atoms with E-state index in [0.29, 0.717) is 35.7 Å². The third kappa shape index (κ3) is 8.91. The van der Waals surface area contributed by atoms with Crippen LogP contribution in [0.2, 0.25) is 10.0 Å². The molecule has 2 heterocycles. The zero-order chi connectivity index (χ0) is 32.4. The summed E-state index contributed by atoms with van der Waals surface area (Å²) in [5, 5.41) is 11.1. The second kappa shape index (κ2) is 14.1. The van der Waals surface area contributed by atoms with Crippen molar-refractivity contribution >= 4 is 78.7 Å². The van der Waals surface area contributed by atoms with Crippen LogP contribution in [0.4, 0.5) is 0 Å². The summed E-state index contributed by atoms with van der Waals surface area (Å²) in [6.07, 6.45) is 1.31. The van der Waals surface area contributed by atoms with Crippen molar-refractivity contribution in [2.24, 2.45) is 10.8 Å². The number of carbonyl (C=O) groups excluding carboxylic acids is 4. The molecule has 0 saturated carbocycles. The molecule has 0 aromatic heterocycles. The number of aliphatic hydroxyl groups excluding tert-OH is 1. The van der Waals surface area contributed by atoms with E-state index in [0.717, 1.165) is 20.1 Å². The smallest absolute Gasteiger partial charge is 0.258 e. The Balaban J connectivity index is 0.000000236. The maximum atomic E-state index is 12.5. The summed E-state index contributed by atoms with van der Waals surface area (Å²) in [5.74, 6) is -0.971. The summed E-state index contributed by atoms with van der Waals surface area (Å²) in [6, 6.07) is 10.7. The standard InChI is InChI=1S/C16H19BrClNO3.C16H19BrClNO2/c1-16(2,3)15(22)19-11(8-13(20)14(19)21)6-9-4-5-10(17)7-12(9)18;1-16(2,3)15(21)19-12(6-7-14(19)20)8-10-4-5-11(17)9-13(10)18/h4-5,7,11,13,20H,6,8H2,1-3H3;4-5,9,12H,6-8H2,1-3H3/t11?,13-;12-/m10/s1. The van der Waals surface area contributed by atoms with Crippen molar-refractivity contribution in [3.63, 3.8) is 0 Å². The first-order valence-electron chi connectivity index (χ1n) is 14.1. The Kier molecular flexibility index (Phi) is 11.7. The van der Waals surface area contributed by atoms with Gasteiger partial charge in [0.1, 0.15) is 6.10 Å². The first-order valence-corrected chi connectivity index (χ1v) is 16.5. The topological polar surface area (TPSA) is 95.0 Å². The van der Waals surface area contributed by atoms with Crippen LogP contribution in [0.3, 0.4) is 0 Å². The molecule has 2 aromatic rings. The van der Waals surface area contributed by atoms with E-state index in [1.165, 1.54) is 9.80 Å². The number of halogens is 4. The Labute approximate surface area is 280 Å². The van der Waals surface area contributed by atoms with Gasteiger partial charge in [-0.2, -0.15) is 0 Å². The van der Waals surface area contributed by atoms with Crippen molar-refractivity contribution in [1.29, 1.82) is 0 Å². The largest absolute Gasteiger partial charge is 0.383 e. The van der Waals surface area contributed by atoms with Gasteiger partial charge in [-0.1, -0.05) is 109 Å². The molecule has 0 radical (unpaired) electrons. The lowest BCUT2D eigenvalue weighted by Crippen LogP contribution is -2.46. The Bertz CT molecular complexity index is 1400. The fourth-order valence-corrected chi connectivity index (χ4v) is 6.57. The number of rotatable bonds is 4. The fourth-order valence-electron chi connectivity index (χ4n) is 5.07. The Hall–Kier alpha value is -1.78. The van der Waals surface area contributed by atoms with Crippen molar-refractivity contribution in [3.8, 4) is 0 Å². The average molecular weight is 761 g/mol. The van der Waals surface area contributed by atoms with Crippen LogP contribution in [-0.2, 0) is 32.0 Å². The van der Waals surface area contributed by atoms with Gasteiger partial charge in [0.15, 0.2) is 0 Å². The number of benzene rings is 2. The summed E-state index contributed by atoms with van der Waals surface area (Å²) in [4.78, 5) is 51.9. The molecule has 0 spiro atoms.